The van der Waals surface area contributed by atoms with Gasteiger partial charge < -0.3 is 4.90 Å². The van der Waals surface area contributed by atoms with E-state index in [-0.39, 0.29) is 11.9 Å². The fraction of sp³-hybridized carbons (Fsp3) is 0.400. The number of amides is 1. The van der Waals surface area contributed by atoms with Gasteiger partial charge >= 0.3 is 0 Å². The van der Waals surface area contributed by atoms with Crippen LogP contribution in [0.25, 0.3) is 0 Å². The van der Waals surface area contributed by atoms with Crippen molar-refractivity contribution < 1.29 is 4.79 Å². The van der Waals surface area contributed by atoms with Gasteiger partial charge in [-0.25, -0.2) is 9.97 Å². The zero-order chi connectivity index (χ0) is 15.5. The van der Waals surface area contributed by atoms with E-state index in [1.807, 2.05) is 0 Å². The summed E-state index contributed by atoms with van der Waals surface area (Å²) in [5.74, 6) is 0.576. The molecular formula is C15H16N6O. The molecule has 3 rings (SSSR count). The molecule has 0 radical (unpaired) electrons. The number of carbonyl (C=O) groups excluding carboxylic acids is 1. The van der Waals surface area contributed by atoms with Crippen LogP contribution in [0.4, 0.5) is 0 Å². The largest absolute Gasteiger partial charge is 0.327 e. The highest BCUT2D eigenvalue weighted by atomic mass is 16.2. The number of carbonyl (C=O) groups is 1. The van der Waals surface area contributed by atoms with Gasteiger partial charge in [0.25, 0.3) is 5.91 Å². The zero-order valence-electron chi connectivity index (χ0n) is 12.3. The van der Waals surface area contributed by atoms with Crippen molar-refractivity contribution in [3.8, 4) is 6.07 Å². The predicted octanol–water partition coefficient (Wildman–Crippen LogP) is 1.75. The Kier molecular flexibility index (Phi) is 3.83. The molecule has 1 saturated heterocycles. The average Bonchev–Trinajstić information content (AvgIpc) is 3.08. The van der Waals surface area contributed by atoms with E-state index in [1.54, 1.807) is 24.0 Å². The summed E-state index contributed by atoms with van der Waals surface area (Å²) in [4.78, 5) is 23.0. The van der Waals surface area contributed by atoms with Crippen molar-refractivity contribution in [2.75, 3.05) is 6.54 Å². The van der Waals surface area contributed by atoms with Crippen LogP contribution in [-0.4, -0.2) is 37.5 Å². The van der Waals surface area contributed by atoms with E-state index in [2.05, 4.69) is 26.2 Å². The van der Waals surface area contributed by atoms with Crippen molar-refractivity contribution in [3.05, 3.63) is 41.2 Å². The number of likely N-dealkylation sites (tertiary alicyclic amines) is 1. The van der Waals surface area contributed by atoms with Crippen molar-refractivity contribution in [3.63, 3.8) is 0 Å². The molecule has 1 N–H and O–H groups in total. The first-order valence-corrected chi connectivity index (χ1v) is 7.24. The van der Waals surface area contributed by atoms with Gasteiger partial charge in [-0.15, -0.1) is 0 Å². The van der Waals surface area contributed by atoms with Crippen LogP contribution in [0.3, 0.4) is 0 Å². The van der Waals surface area contributed by atoms with Gasteiger partial charge in [-0.2, -0.15) is 10.4 Å². The molecule has 0 aliphatic carbocycles. The first-order chi connectivity index (χ1) is 10.7. The number of nitriles is 1. The lowest BCUT2D eigenvalue weighted by Gasteiger charge is -2.34. The maximum absolute atomic E-state index is 12.8. The molecule has 0 unspecified atom stereocenters. The molecule has 0 saturated carbocycles. The van der Waals surface area contributed by atoms with E-state index >= 15 is 0 Å². The number of aryl methyl sites for hydroxylation is 1. The Hall–Kier alpha value is -2.75. The van der Waals surface area contributed by atoms with Gasteiger partial charge in [0.2, 0.25) is 0 Å². The number of hydrogen-bond acceptors (Lipinski definition) is 5. The van der Waals surface area contributed by atoms with Gasteiger partial charge in [0.1, 0.15) is 23.9 Å². The van der Waals surface area contributed by atoms with Crippen molar-refractivity contribution in [2.24, 2.45) is 0 Å². The summed E-state index contributed by atoms with van der Waals surface area (Å²) in [7, 11) is 0. The van der Waals surface area contributed by atoms with Crippen LogP contribution in [0.15, 0.2) is 18.5 Å². The second-order valence-electron chi connectivity index (χ2n) is 5.32. The maximum Gasteiger partial charge on any atom is 0.273 e. The minimum absolute atomic E-state index is 0.0958. The SMILES string of the molecule is Cc1nc(C(=O)N2CCCC[C@@H]2c2ncn[nH]2)ccc1C#N. The van der Waals surface area contributed by atoms with E-state index < -0.39 is 0 Å². The molecule has 7 heteroatoms. The molecule has 1 amide bonds. The minimum atomic E-state index is -0.131. The Bertz CT molecular complexity index is 718. The van der Waals surface area contributed by atoms with Crippen LogP contribution in [0.2, 0.25) is 0 Å². The predicted molar refractivity (Wildman–Crippen MR) is 77.7 cm³/mol. The summed E-state index contributed by atoms with van der Waals surface area (Å²) in [6, 6.07) is 5.22. The second kappa shape index (κ2) is 5.93. The average molecular weight is 296 g/mol. The lowest BCUT2D eigenvalue weighted by atomic mass is 10.0. The molecule has 2 aromatic heterocycles. The summed E-state index contributed by atoms with van der Waals surface area (Å²) in [5.41, 5.74) is 1.42. The number of rotatable bonds is 2. The number of aromatic amines is 1. The molecule has 7 nitrogen and oxygen atoms in total. The number of pyridine rings is 1. The smallest absolute Gasteiger partial charge is 0.273 e. The molecule has 1 atom stereocenters. The summed E-state index contributed by atoms with van der Waals surface area (Å²) >= 11 is 0. The highest BCUT2D eigenvalue weighted by molar-refractivity contribution is 5.92. The van der Waals surface area contributed by atoms with E-state index in [4.69, 9.17) is 5.26 Å². The van der Waals surface area contributed by atoms with E-state index in [0.29, 0.717) is 29.3 Å². The summed E-state index contributed by atoms with van der Waals surface area (Å²) in [5, 5.41) is 15.7. The third-order valence-corrected chi connectivity index (χ3v) is 3.94. The lowest BCUT2D eigenvalue weighted by Crippen LogP contribution is -2.39. The number of aromatic nitrogens is 4. The van der Waals surface area contributed by atoms with Crippen LogP contribution in [-0.2, 0) is 0 Å². The summed E-state index contributed by atoms with van der Waals surface area (Å²) < 4.78 is 0. The van der Waals surface area contributed by atoms with Crippen LogP contribution >= 0.6 is 0 Å². The first-order valence-electron chi connectivity index (χ1n) is 7.24. The van der Waals surface area contributed by atoms with Crippen molar-refractivity contribution in [1.29, 1.82) is 5.26 Å². The number of nitrogens with zero attached hydrogens (tertiary/aromatic N) is 5. The molecule has 0 aromatic carbocycles. The summed E-state index contributed by atoms with van der Waals surface area (Å²) in [6.07, 6.45) is 4.33. The zero-order valence-corrected chi connectivity index (χ0v) is 12.3. The lowest BCUT2D eigenvalue weighted by molar-refractivity contribution is 0.0594. The maximum atomic E-state index is 12.8. The fourth-order valence-electron chi connectivity index (χ4n) is 2.78. The van der Waals surface area contributed by atoms with Gasteiger partial charge in [0, 0.05) is 6.54 Å². The number of H-pyrrole nitrogens is 1. The molecule has 2 aromatic rings. The topological polar surface area (TPSA) is 98.6 Å². The summed E-state index contributed by atoms with van der Waals surface area (Å²) in [6.45, 7) is 2.41. The van der Waals surface area contributed by atoms with Crippen molar-refractivity contribution in [2.45, 2.75) is 32.2 Å². The monoisotopic (exact) mass is 296 g/mol. The normalized spacial score (nSPS) is 18.0. The Morgan fingerprint density at radius 3 is 3.00 bits per heavy atom. The molecule has 1 fully saturated rings. The molecular weight excluding hydrogens is 280 g/mol. The molecule has 22 heavy (non-hydrogen) atoms. The Balaban J connectivity index is 1.89. The van der Waals surface area contributed by atoms with Crippen LogP contribution in [0, 0.1) is 18.3 Å². The third kappa shape index (κ3) is 2.55. The van der Waals surface area contributed by atoms with Crippen LogP contribution in [0.1, 0.15) is 52.9 Å². The van der Waals surface area contributed by atoms with Gasteiger partial charge in [-0.1, -0.05) is 0 Å². The van der Waals surface area contributed by atoms with Gasteiger partial charge in [0.15, 0.2) is 0 Å². The van der Waals surface area contributed by atoms with Gasteiger partial charge in [0.05, 0.1) is 17.3 Å². The van der Waals surface area contributed by atoms with Gasteiger partial charge in [-0.05, 0) is 38.3 Å². The van der Waals surface area contributed by atoms with Gasteiger partial charge in [-0.3, -0.25) is 9.89 Å². The molecule has 112 valence electrons. The van der Waals surface area contributed by atoms with Crippen molar-refractivity contribution in [1.82, 2.24) is 25.1 Å². The van der Waals surface area contributed by atoms with E-state index in [9.17, 15) is 4.79 Å². The first kappa shape index (κ1) is 14.2. The van der Waals surface area contributed by atoms with E-state index in [0.717, 1.165) is 19.3 Å². The minimum Gasteiger partial charge on any atom is -0.327 e. The fourth-order valence-corrected chi connectivity index (χ4v) is 2.78. The molecule has 1 aliphatic rings. The number of hydrogen-bond donors (Lipinski definition) is 1. The Labute approximate surface area is 128 Å². The highest BCUT2D eigenvalue weighted by Crippen LogP contribution is 2.29. The van der Waals surface area contributed by atoms with E-state index in [1.165, 1.54) is 6.33 Å². The molecule has 1 aliphatic heterocycles. The standard InChI is InChI=1S/C15H16N6O/c1-10-11(8-16)5-6-12(19-10)15(22)21-7-3-2-4-13(21)14-17-9-18-20-14/h5-6,9,13H,2-4,7H2,1H3,(H,17,18,20)/t13-/m1/s1. The quantitative estimate of drug-likeness (QED) is 0.910. The molecule has 3 heterocycles. The third-order valence-electron chi connectivity index (χ3n) is 3.94. The second-order valence-corrected chi connectivity index (χ2v) is 5.32. The van der Waals surface area contributed by atoms with Crippen LogP contribution < -0.4 is 0 Å². The Morgan fingerprint density at radius 1 is 1.45 bits per heavy atom. The Morgan fingerprint density at radius 2 is 2.32 bits per heavy atom. The van der Waals surface area contributed by atoms with Crippen molar-refractivity contribution >= 4 is 5.91 Å². The highest BCUT2D eigenvalue weighted by Gasteiger charge is 2.31. The molecule has 0 spiro atoms. The van der Waals surface area contributed by atoms with Crippen LogP contribution in [0.5, 0.6) is 0 Å². The number of piperidine rings is 1. The number of nitrogens with one attached hydrogen (secondary N) is 1. The molecule has 0 bridgehead atoms.